The fourth-order valence-corrected chi connectivity index (χ4v) is 2.71. The highest BCUT2D eigenvalue weighted by molar-refractivity contribution is 5.94. The van der Waals surface area contributed by atoms with Crippen molar-refractivity contribution in [2.75, 3.05) is 29.9 Å². The SMILES string of the molecule is CCN(CC)c1ccc(Nc2cc(C(=O)NCCC(C)C)ccn2)cc1. The zero-order valence-electron chi connectivity index (χ0n) is 16.2. The lowest BCUT2D eigenvalue weighted by Crippen LogP contribution is -2.25. The highest BCUT2D eigenvalue weighted by Crippen LogP contribution is 2.20. The summed E-state index contributed by atoms with van der Waals surface area (Å²) in [5.41, 5.74) is 2.77. The molecule has 0 aliphatic carbocycles. The summed E-state index contributed by atoms with van der Waals surface area (Å²) in [6.45, 7) is 11.2. The molecule has 1 heterocycles. The van der Waals surface area contributed by atoms with Crippen LogP contribution in [0.5, 0.6) is 0 Å². The molecule has 2 aromatic rings. The number of amides is 1. The molecule has 1 aromatic heterocycles. The minimum atomic E-state index is -0.0621. The van der Waals surface area contributed by atoms with Gasteiger partial charge in [-0.05, 0) is 62.6 Å². The molecule has 1 amide bonds. The number of benzene rings is 1. The van der Waals surface area contributed by atoms with Crippen LogP contribution in [0.2, 0.25) is 0 Å². The van der Waals surface area contributed by atoms with E-state index in [9.17, 15) is 4.79 Å². The van der Waals surface area contributed by atoms with Gasteiger partial charge in [-0.25, -0.2) is 4.98 Å². The first-order valence-electron chi connectivity index (χ1n) is 9.39. The molecule has 5 heteroatoms. The molecular formula is C21H30N4O. The Kier molecular flexibility index (Phi) is 7.45. The lowest BCUT2D eigenvalue weighted by Gasteiger charge is -2.21. The molecule has 0 radical (unpaired) electrons. The van der Waals surface area contributed by atoms with Crippen LogP contribution >= 0.6 is 0 Å². The molecule has 2 rings (SSSR count). The number of rotatable bonds is 9. The second-order valence-electron chi connectivity index (χ2n) is 6.71. The van der Waals surface area contributed by atoms with E-state index in [-0.39, 0.29) is 5.91 Å². The predicted molar refractivity (Wildman–Crippen MR) is 109 cm³/mol. The van der Waals surface area contributed by atoms with Crippen LogP contribution in [-0.2, 0) is 0 Å². The summed E-state index contributed by atoms with van der Waals surface area (Å²) in [6.07, 6.45) is 2.63. The van der Waals surface area contributed by atoms with Gasteiger partial charge in [0.25, 0.3) is 5.91 Å². The van der Waals surface area contributed by atoms with Crippen LogP contribution in [0.3, 0.4) is 0 Å². The predicted octanol–water partition coefficient (Wildman–Crippen LogP) is 4.45. The minimum Gasteiger partial charge on any atom is -0.372 e. The van der Waals surface area contributed by atoms with Crippen LogP contribution in [0, 0.1) is 5.92 Å². The van der Waals surface area contributed by atoms with E-state index in [0.717, 1.165) is 25.2 Å². The molecule has 0 saturated carbocycles. The van der Waals surface area contributed by atoms with Crippen molar-refractivity contribution >= 4 is 23.1 Å². The van der Waals surface area contributed by atoms with Gasteiger partial charge in [-0.1, -0.05) is 13.8 Å². The molecule has 0 spiro atoms. The Hall–Kier alpha value is -2.56. The molecule has 0 atom stereocenters. The van der Waals surface area contributed by atoms with E-state index in [4.69, 9.17) is 0 Å². The number of hydrogen-bond acceptors (Lipinski definition) is 4. The van der Waals surface area contributed by atoms with Crippen molar-refractivity contribution in [3.8, 4) is 0 Å². The Morgan fingerprint density at radius 3 is 2.42 bits per heavy atom. The lowest BCUT2D eigenvalue weighted by atomic mass is 10.1. The molecule has 5 nitrogen and oxygen atoms in total. The smallest absolute Gasteiger partial charge is 0.251 e. The fraction of sp³-hybridized carbons (Fsp3) is 0.429. The van der Waals surface area contributed by atoms with Gasteiger partial charge in [0.2, 0.25) is 0 Å². The first-order chi connectivity index (χ1) is 12.5. The molecule has 0 bridgehead atoms. The Morgan fingerprint density at radius 2 is 1.81 bits per heavy atom. The number of hydrogen-bond donors (Lipinski definition) is 2. The first kappa shape index (κ1) is 19.8. The van der Waals surface area contributed by atoms with E-state index in [2.05, 4.69) is 60.3 Å². The summed E-state index contributed by atoms with van der Waals surface area (Å²) in [6, 6.07) is 11.8. The zero-order chi connectivity index (χ0) is 18.9. The molecule has 0 aliphatic heterocycles. The number of nitrogens with zero attached hydrogens (tertiary/aromatic N) is 2. The summed E-state index contributed by atoms with van der Waals surface area (Å²) in [4.78, 5) is 18.9. The average Bonchev–Trinajstić information content (AvgIpc) is 2.64. The number of pyridine rings is 1. The number of aromatic nitrogens is 1. The third-order valence-electron chi connectivity index (χ3n) is 4.30. The third-order valence-corrected chi connectivity index (χ3v) is 4.30. The first-order valence-corrected chi connectivity index (χ1v) is 9.39. The van der Waals surface area contributed by atoms with E-state index in [1.165, 1.54) is 5.69 Å². The van der Waals surface area contributed by atoms with Crippen molar-refractivity contribution in [3.63, 3.8) is 0 Å². The molecular weight excluding hydrogens is 324 g/mol. The maximum atomic E-state index is 12.2. The normalized spacial score (nSPS) is 10.7. The molecule has 2 N–H and O–H groups in total. The Balaban J connectivity index is 2.00. The molecule has 0 fully saturated rings. The lowest BCUT2D eigenvalue weighted by molar-refractivity contribution is 0.0952. The fourth-order valence-electron chi connectivity index (χ4n) is 2.71. The number of carbonyl (C=O) groups excluding carboxylic acids is 1. The molecule has 0 unspecified atom stereocenters. The summed E-state index contributed by atoms with van der Waals surface area (Å²) in [7, 11) is 0. The number of nitrogens with one attached hydrogen (secondary N) is 2. The summed E-state index contributed by atoms with van der Waals surface area (Å²) >= 11 is 0. The third kappa shape index (κ3) is 5.76. The van der Waals surface area contributed by atoms with E-state index in [1.807, 2.05) is 12.1 Å². The van der Waals surface area contributed by atoms with Crippen molar-refractivity contribution in [2.45, 2.75) is 34.1 Å². The van der Waals surface area contributed by atoms with E-state index in [0.29, 0.717) is 23.8 Å². The van der Waals surface area contributed by atoms with Crippen molar-refractivity contribution in [1.29, 1.82) is 0 Å². The highest BCUT2D eigenvalue weighted by Gasteiger charge is 2.07. The van der Waals surface area contributed by atoms with Gasteiger partial charge in [0, 0.05) is 42.8 Å². The van der Waals surface area contributed by atoms with Crippen molar-refractivity contribution in [3.05, 3.63) is 48.2 Å². The van der Waals surface area contributed by atoms with Crippen LogP contribution in [0.15, 0.2) is 42.6 Å². The Labute approximate surface area is 156 Å². The minimum absolute atomic E-state index is 0.0621. The van der Waals surface area contributed by atoms with Crippen LogP contribution in [0.1, 0.15) is 44.5 Å². The van der Waals surface area contributed by atoms with Crippen LogP contribution in [0.4, 0.5) is 17.2 Å². The highest BCUT2D eigenvalue weighted by atomic mass is 16.1. The van der Waals surface area contributed by atoms with Gasteiger partial charge < -0.3 is 15.5 Å². The molecule has 140 valence electrons. The van der Waals surface area contributed by atoms with Crippen LogP contribution < -0.4 is 15.5 Å². The van der Waals surface area contributed by atoms with Gasteiger partial charge in [0.05, 0.1) is 0 Å². The Bertz CT molecular complexity index is 693. The maximum absolute atomic E-state index is 12.2. The summed E-state index contributed by atoms with van der Waals surface area (Å²) in [5.74, 6) is 1.18. The summed E-state index contributed by atoms with van der Waals surface area (Å²) < 4.78 is 0. The second-order valence-corrected chi connectivity index (χ2v) is 6.71. The molecule has 0 saturated heterocycles. The number of carbonyl (C=O) groups is 1. The van der Waals surface area contributed by atoms with Crippen molar-refractivity contribution < 1.29 is 4.79 Å². The van der Waals surface area contributed by atoms with E-state index in [1.54, 1.807) is 18.3 Å². The standard InChI is InChI=1S/C21H30N4O/c1-5-25(6-2)19-9-7-18(8-10-19)24-20-15-17(12-14-22-20)21(26)23-13-11-16(3)4/h7-10,12,14-16H,5-6,11,13H2,1-4H3,(H,22,24)(H,23,26). The summed E-state index contributed by atoms with van der Waals surface area (Å²) in [5, 5.41) is 6.22. The molecule has 1 aromatic carbocycles. The Morgan fingerprint density at radius 1 is 1.12 bits per heavy atom. The largest absolute Gasteiger partial charge is 0.372 e. The quantitative estimate of drug-likeness (QED) is 0.699. The maximum Gasteiger partial charge on any atom is 0.251 e. The van der Waals surface area contributed by atoms with Gasteiger partial charge in [0.1, 0.15) is 5.82 Å². The van der Waals surface area contributed by atoms with Gasteiger partial charge in [-0.2, -0.15) is 0 Å². The van der Waals surface area contributed by atoms with Crippen LogP contribution in [0.25, 0.3) is 0 Å². The topological polar surface area (TPSA) is 57.3 Å². The van der Waals surface area contributed by atoms with Crippen molar-refractivity contribution in [1.82, 2.24) is 10.3 Å². The second kappa shape index (κ2) is 9.80. The van der Waals surface area contributed by atoms with Gasteiger partial charge in [-0.3, -0.25) is 4.79 Å². The van der Waals surface area contributed by atoms with Gasteiger partial charge >= 0.3 is 0 Å². The van der Waals surface area contributed by atoms with Crippen molar-refractivity contribution in [2.24, 2.45) is 5.92 Å². The van der Waals surface area contributed by atoms with Gasteiger partial charge in [0.15, 0.2) is 0 Å². The average molecular weight is 354 g/mol. The van der Waals surface area contributed by atoms with Gasteiger partial charge in [-0.15, -0.1) is 0 Å². The molecule has 0 aliphatic rings. The molecule has 26 heavy (non-hydrogen) atoms. The number of anilines is 3. The zero-order valence-corrected chi connectivity index (χ0v) is 16.2. The van der Waals surface area contributed by atoms with E-state index >= 15 is 0 Å². The van der Waals surface area contributed by atoms with E-state index < -0.39 is 0 Å². The van der Waals surface area contributed by atoms with Crippen LogP contribution in [-0.4, -0.2) is 30.5 Å². The monoisotopic (exact) mass is 354 g/mol.